The molecule has 9 heteroatoms. The fourth-order valence-corrected chi connectivity index (χ4v) is 2.73. The van der Waals surface area contributed by atoms with E-state index in [0.29, 0.717) is 31.2 Å². The molecule has 0 aliphatic rings. The summed E-state index contributed by atoms with van der Waals surface area (Å²) >= 11 is 0. The highest BCUT2D eigenvalue weighted by atomic mass is 127. The number of pyridine rings is 1. The van der Waals surface area contributed by atoms with Crippen LogP contribution in [-0.2, 0) is 19.1 Å². The molecule has 0 aliphatic heterocycles. The quantitative estimate of drug-likeness (QED) is 0.292. The lowest BCUT2D eigenvalue weighted by molar-refractivity contribution is -0.137. The number of aromatic nitrogens is 2. The monoisotopic (exact) mass is 517 g/mol. The summed E-state index contributed by atoms with van der Waals surface area (Å²) in [7, 11) is 0. The zero-order chi connectivity index (χ0) is 20.0. The smallest absolute Gasteiger partial charge is 0.357 e. The summed E-state index contributed by atoms with van der Waals surface area (Å²) in [6.07, 6.45) is 0.348. The first kappa shape index (κ1) is 23.0. The van der Waals surface area contributed by atoms with Crippen molar-refractivity contribution in [1.82, 2.24) is 20.0 Å². The van der Waals surface area contributed by atoms with Crippen molar-refractivity contribution in [2.75, 3.05) is 13.1 Å². The summed E-state index contributed by atoms with van der Waals surface area (Å²) in [5.41, 5.74) is 1.93. The second-order valence-corrected chi connectivity index (χ2v) is 6.26. The highest BCUT2D eigenvalue weighted by Crippen LogP contribution is 2.29. The topological polar surface area (TPSA) is 53.7 Å². The van der Waals surface area contributed by atoms with E-state index in [4.69, 9.17) is 0 Å². The largest absolute Gasteiger partial charge is 0.416 e. The van der Waals surface area contributed by atoms with Crippen molar-refractivity contribution < 1.29 is 13.2 Å². The summed E-state index contributed by atoms with van der Waals surface area (Å²) < 4.78 is 39.9. The van der Waals surface area contributed by atoms with Crippen molar-refractivity contribution in [2.45, 2.75) is 26.1 Å². The number of imidazole rings is 1. The SMILES string of the molecule is CCNC(=NCc1ccc(C(F)(F)F)cc1)NCCc1cn2ccccc2n1.I. The number of benzene rings is 1. The lowest BCUT2D eigenvalue weighted by Gasteiger charge is -2.11. The van der Waals surface area contributed by atoms with Gasteiger partial charge in [0.2, 0.25) is 0 Å². The molecule has 2 aromatic heterocycles. The molecule has 29 heavy (non-hydrogen) atoms. The van der Waals surface area contributed by atoms with Crippen LogP contribution >= 0.6 is 24.0 Å². The molecule has 0 unspecified atom stereocenters. The lowest BCUT2D eigenvalue weighted by Crippen LogP contribution is -2.38. The number of rotatable bonds is 6. The van der Waals surface area contributed by atoms with E-state index in [2.05, 4.69) is 20.6 Å². The zero-order valence-corrected chi connectivity index (χ0v) is 18.2. The number of nitrogens with one attached hydrogen (secondary N) is 2. The fourth-order valence-electron chi connectivity index (χ4n) is 2.73. The second-order valence-electron chi connectivity index (χ2n) is 6.26. The minimum Gasteiger partial charge on any atom is -0.357 e. The number of halogens is 4. The minimum atomic E-state index is -4.32. The van der Waals surface area contributed by atoms with Crippen molar-refractivity contribution in [3.05, 3.63) is 71.7 Å². The number of hydrogen-bond acceptors (Lipinski definition) is 2. The Morgan fingerprint density at radius 3 is 2.52 bits per heavy atom. The maximum Gasteiger partial charge on any atom is 0.416 e. The van der Waals surface area contributed by atoms with Crippen molar-refractivity contribution in [3.63, 3.8) is 0 Å². The van der Waals surface area contributed by atoms with Crippen molar-refractivity contribution in [1.29, 1.82) is 0 Å². The van der Waals surface area contributed by atoms with E-state index in [9.17, 15) is 13.2 Å². The Morgan fingerprint density at radius 2 is 1.86 bits per heavy atom. The van der Waals surface area contributed by atoms with Gasteiger partial charge in [0, 0.05) is 31.9 Å². The first-order valence-electron chi connectivity index (χ1n) is 9.06. The molecule has 0 saturated carbocycles. The Bertz CT molecular complexity index is 902. The normalized spacial score (nSPS) is 11.9. The Morgan fingerprint density at radius 1 is 1.10 bits per heavy atom. The third kappa shape index (κ3) is 6.62. The zero-order valence-electron chi connectivity index (χ0n) is 15.9. The molecule has 0 bridgehead atoms. The van der Waals surface area contributed by atoms with Gasteiger partial charge < -0.3 is 15.0 Å². The third-order valence-corrected chi connectivity index (χ3v) is 4.13. The average Bonchev–Trinajstić information content (AvgIpc) is 3.08. The Kier molecular flexibility index (Phi) is 8.30. The second kappa shape index (κ2) is 10.5. The molecule has 0 aliphatic carbocycles. The molecule has 3 aromatic rings. The number of aliphatic imine (C=N–C) groups is 1. The highest BCUT2D eigenvalue weighted by Gasteiger charge is 2.29. The van der Waals surface area contributed by atoms with Crippen LogP contribution in [0.3, 0.4) is 0 Å². The number of guanidine groups is 1. The Hall–Kier alpha value is -2.30. The maximum absolute atomic E-state index is 12.6. The average molecular weight is 517 g/mol. The molecular formula is C20H23F3IN5. The minimum absolute atomic E-state index is 0. The molecule has 0 amide bonds. The van der Waals surface area contributed by atoms with E-state index in [-0.39, 0.29) is 24.0 Å². The van der Waals surface area contributed by atoms with Crippen LogP contribution in [0.4, 0.5) is 13.2 Å². The standard InChI is InChI=1S/C20H22F3N5.HI/c1-2-24-19(26-13-15-6-8-16(9-7-15)20(21,22)23)25-11-10-17-14-28-12-4-3-5-18(28)27-17;/h3-9,12,14H,2,10-11,13H2,1H3,(H2,24,25,26);1H. The summed E-state index contributed by atoms with van der Waals surface area (Å²) in [4.78, 5) is 8.99. The summed E-state index contributed by atoms with van der Waals surface area (Å²) in [6.45, 7) is 3.58. The van der Waals surface area contributed by atoms with Crippen molar-refractivity contribution in [3.8, 4) is 0 Å². The first-order valence-corrected chi connectivity index (χ1v) is 9.06. The van der Waals surface area contributed by atoms with Gasteiger partial charge >= 0.3 is 6.18 Å². The van der Waals surface area contributed by atoms with Crippen LogP contribution in [-0.4, -0.2) is 28.4 Å². The summed E-state index contributed by atoms with van der Waals surface area (Å²) in [5.74, 6) is 0.617. The molecule has 0 atom stereocenters. The molecule has 0 radical (unpaired) electrons. The maximum atomic E-state index is 12.6. The third-order valence-electron chi connectivity index (χ3n) is 4.13. The van der Waals surface area contributed by atoms with Crippen LogP contribution in [0.2, 0.25) is 0 Å². The van der Waals surface area contributed by atoms with Crippen LogP contribution in [0.5, 0.6) is 0 Å². The predicted molar refractivity (Wildman–Crippen MR) is 119 cm³/mol. The number of alkyl halides is 3. The number of hydrogen-bond donors (Lipinski definition) is 2. The predicted octanol–water partition coefficient (Wildman–Crippen LogP) is 4.27. The molecule has 5 nitrogen and oxygen atoms in total. The number of nitrogens with zero attached hydrogens (tertiary/aromatic N) is 3. The van der Waals surface area contributed by atoms with Crippen LogP contribution < -0.4 is 10.6 Å². The van der Waals surface area contributed by atoms with Crippen LogP contribution in [0.1, 0.15) is 23.7 Å². The molecule has 0 saturated heterocycles. The van der Waals surface area contributed by atoms with Crippen LogP contribution in [0, 0.1) is 0 Å². The molecule has 3 rings (SSSR count). The van der Waals surface area contributed by atoms with Gasteiger partial charge in [-0.1, -0.05) is 18.2 Å². The Balaban J connectivity index is 0.00000300. The van der Waals surface area contributed by atoms with Gasteiger partial charge in [-0.05, 0) is 36.8 Å². The van der Waals surface area contributed by atoms with E-state index in [1.165, 1.54) is 12.1 Å². The Labute approximate surface area is 184 Å². The van der Waals surface area contributed by atoms with Gasteiger partial charge in [0.1, 0.15) is 5.65 Å². The summed E-state index contributed by atoms with van der Waals surface area (Å²) in [5, 5.41) is 6.36. The van der Waals surface area contributed by atoms with Gasteiger partial charge in [-0.15, -0.1) is 24.0 Å². The van der Waals surface area contributed by atoms with Gasteiger partial charge in [-0.3, -0.25) is 0 Å². The van der Waals surface area contributed by atoms with Crippen LogP contribution in [0.25, 0.3) is 5.65 Å². The molecular weight excluding hydrogens is 494 g/mol. The molecule has 0 spiro atoms. The first-order chi connectivity index (χ1) is 13.5. The van der Waals surface area contributed by atoms with E-state index in [1.807, 2.05) is 41.9 Å². The number of fused-ring (bicyclic) bond motifs is 1. The fraction of sp³-hybridized carbons (Fsp3) is 0.300. The molecule has 2 N–H and O–H groups in total. The van der Waals surface area contributed by atoms with Gasteiger partial charge in [0.15, 0.2) is 5.96 Å². The summed E-state index contributed by atoms with van der Waals surface area (Å²) in [6, 6.07) is 10.9. The van der Waals surface area contributed by atoms with E-state index >= 15 is 0 Å². The van der Waals surface area contributed by atoms with Crippen molar-refractivity contribution >= 4 is 35.6 Å². The van der Waals surface area contributed by atoms with Gasteiger partial charge in [0.25, 0.3) is 0 Å². The van der Waals surface area contributed by atoms with E-state index < -0.39 is 11.7 Å². The van der Waals surface area contributed by atoms with E-state index in [0.717, 1.165) is 29.9 Å². The molecule has 156 valence electrons. The van der Waals surface area contributed by atoms with Gasteiger partial charge in [-0.25, -0.2) is 9.98 Å². The highest BCUT2D eigenvalue weighted by molar-refractivity contribution is 14.0. The molecule has 2 heterocycles. The van der Waals surface area contributed by atoms with Gasteiger partial charge in [0.05, 0.1) is 17.8 Å². The lowest BCUT2D eigenvalue weighted by atomic mass is 10.1. The van der Waals surface area contributed by atoms with E-state index in [1.54, 1.807) is 0 Å². The molecule has 0 fully saturated rings. The van der Waals surface area contributed by atoms with Crippen LogP contribution in [0.15, 0.2) is 59.9 Å². The molecule has 1 aromatic carbocycles. The van der Waals surface area contributed by atoms with Gasteiger partial charge in [-0.2, -0.15) is 13.2 Å². The van der Waals surface area contributed by atoms with Crippen molar-refractivity contribution in [2.24, 2.45) is 4.99 Å².